The van der Waals surface area contributed by atoms with Gasteiger partial charge in [-0.1, -0.05) is 0 Å². The summed E-state index contributed by atoms with van der Waals surface area (Å²) in [5.74, 6) is -0.632. The fourth-order valence-corrected chi connectivity index (χ4v) is 1.55. The molecule has 1 atom stereocenters. The number of carbonyl (C=O) groups excluding carboxylic acids is 1. The van der Waals surface area contributed by atoms with Crippen molar-refractivity contribution in [2.24, 2.45) is 0 Å². The van der Waals surface area contributed by atoms with Crippen LogP contribution in [-0.2, 0) is 16.1 Å². The third-order valence-electron chi connectivity index (χ3n) is 2.31. The molecule has 2 N–H and O–H groups in total. The molecule has 0 aliphatic rings. The van der Waals surface area contributed by atoms with E-state index in [9.17, 15) is 9.18 Å². The monoisotopic (exact) mass is 271 g/mol. The van der Waals surface area contributed by atoms with E-state index in [4.69, 9.17) is 14.6 Å². The summed E-state index contributed by atoms with van der Waals surface area (Å²) in [4.78, 5) is 11.5. The van der Waals surface area contributed by atoms with Crippen molar-refractivity contribution in [3.63, 3.8) is 0 Å². The summed E-state index contributed by atoms with van der Waals surface area (Å²) in [6, 6.07) is 3.72. The Hall–Kier alpha value is -1.66. The molecule has 0 aliphatic carbocycles. The Labute approximate surface area is 111 Å². The lowest BCUT2D eigenvalue weighted by Crippen LogP contribution is -2.38. The standard InChI is InChI=1S/C13H18FNO4/c1-9(7-18-2)15-13(17)8-19-12-4-10(6-16)3-11(14)5-12/h3-5,9,16H,6-8H2,1-2H3,(H,15,17). The van der Waals surface area contributed by atoms with E-state index in [1.165, 1.54) is 12.1 Å². The first-order valence-corrected chi connectivity index (χ1v) is 5.86. The second-order valence-electron chi connectivity index (χ2n) is 4.17. The van der Waals surface area contributed by atoms with Crippen LogP contribution in [-0.4, -0.2) is 37.4 Å². The second-order valence-corrected chi connectivity index (χ2v) is 4.17. The molecule has 0 spiro atoms. The lowest BCUT2D eigenvalue weighted by molar-refractivity contribution is -0.124. The Bertz CT molecular complexity index is 425. The maximum Gasteiger partial charge on any atom is 0.258 e. The lowest BCUT2D eigenvalue weighted by atomic mass is 10.2. The van der Waals surface area contributed by atoms with Gasteiger partial charge in [-0.3, -0.25) is 4.79 Å². The molecule has 19 heavy (non-hydrogen) atoms. The number of aliphatic hydroxyl groups excluding tert-OH is 1. The molecule has 0 heterocycles. The molecule has 1 aromatic carbocycles. The number of benzene rings is 1. The minimum atomic E-state index is -0.519. The van der Waals surface area contributed by atoms with Gasteiger partial charge in [0.25, 0.3) is 5.91 Å². The summed E-state index contributed by atoms with van der Waals surface area (Å²) in [7, 11) is 1.54. The number of halogens is 1. The average Bonchev–Trinajstić information content (AvgIpc) is 2.36. The molecule has 0 aliphatic heterocycles. The van der Waals surface area contributed by atoms with Crippen LogP contribution in [0.3, 0.4) is 0 Å². The molecule has 1 aromatic rings. The van der Waals surface area contributed by atoms with Gasteiger partial charge in [0.15, 0.2) is 6.61 Å². The Morgan fingerprint density at radius 3 is 2.84 bits per heavy atom. The number of carbonyl (C=O) groups is 1. The molecule has 0 saturated heterocycles. The normalized spacial score (nSPS) is 12.0. The summed E-state index contributed by atoms with van der Waals surface area (Å²) >= 11 is 0. The highest BCUT2D eigenvalue weighted by atomic mass is 19.1. The number of nitrogens with one attached hydrogen (secondary N) is 1. The largest absolute Gasteiger partial charge is 0.484 e. The smallest absolute Gasteiger partial charge is 0.258 e. The topological polar surface area (TPSA) is 67.8 Å². The molecule has 0 saturated carbocycles. The van der Waals surface area contributed by atoms with Gasteiger partial charge in [-0.05, 0) is 24.6 Å². The molecule has 0 fully saturated rings. The Kier molecular flexibility index (Phi) is 6.24. The van der Waals surface area contributed by atoms with E-state index >= 15 is 0 Å². The summed E-state index contributed by atoms with van der Waals surface area (Å²) < 4.78 is 23.2. The van der Waals surface area contributed by atoms with E-state index in [-0.39, 0.29) is 30.9 Å². The van der Waals surface area contributed by atoms with Crippen LogP contribution in [0.1, 0.15) is 12.5 Å². The lowest BCUT2D eigenvalue weighted by Gasteiger charge is -2.13. The number of hydrogen-bond donors (Lipinski definition) is 2. The van der Waals surface area contributed by atoms with Crippen LogP contribution in [0.4, 0.5) is 4.39 Å². The van der Waals surface area contributed by atoms with Gasteiger partial charge in [-0.25, -0.2) is 4.39 Å². The zero-order valence-corrected chi connectivity index (χ0v) is 11.0. The molecular weight excluding hydrogens is 253 g/mol. The van der Waals surface area contributed by atoms with E-state index in [1.807, 2.05) is 0 Å². The van der Waals surface area contributed by atoms with Crippen molar-refractivity contribution in [3.8, 4) is 5.75 Å². The minimum Gasteiger partial charge on any atom is -0.484 e. The highest BCUT2D eigenvalue weighted by Crippen LogP contribution is 2.16. The van der Waals surface area contributed by atoms with E-state index < -0.39 is 5.82 Å². The van der Waals surface area contributed by atoms with Gasteiger partial charge in [0.05, 0.1) is 13.2 Å². The number of ether oxygens (including phenoxy) is 2. The van der Waals surface area contributed by atoms with Crippen molar-refractivity contribution in [1.82, 2.24) is 5.32 Å². The Morgan fingerprint density at radius 1 is 1.47 bits per heavy atom. The van der Waals surface area contributed by atoms with Crippen molar-refractivity contribution in [2.75, 3.05) is 20.3 Å². The van der Waals surface area contributed by atoms with Crippen LogP contribution in [0, 0.1) is 5.82 Å². The first-order valence-electron chi connectivity index (χ1n) is 5.86. The molecule has 6 heteroatoms. The van der Waals surface area contributed by atoms with Gasteiger partial charge >= 0.3 is 0 Å². The molecule has 1 unspecified atom stereocenters. The molecule has 0 radical (unpaired) electrons. The first kappa shape index (κ1) is 15.4. The summed E-state index contributed by atoms with van der Waals surface area (Å²) in [5, 5.41) is 11.6. The van der Waals surface area contributed by atoms with Crippen LogP contribution in [0.2, 0.25) is 0 Å². The van der Waals surface area contributed by atoms with E-state index in [0.717, 1.165) is 6.07 Å². The van der Waals surface area contributed by atoms with Crippen molar-refractivity contribution < 1.29 is 23.8 Å². The quantitative estimate of drug-likeness (QED) is 0.771. The fraction of sp³-hybridized carbons (Fsp3) is 0.462. The minimum absolute atomic E-state index is 0.124. The van der Waals surface area contributed by atoms with Crippen molar-refractivity contribution in [3.05, 3.63) is 29.6 Å². The molecule has 1 amide bonds. The van der Waals surface area contributed by atoms with Crippen molar-refractivity contribution in [2.45, 2.75) is 19.6 Å². The molecule has 106 valence electrons. The van der Waals surface area contributed by atoms with E-state index in [1.54, 1.807) is 14.0 Å². The average molecular weight is 271 g/mol. The van der Waals surface area contributed by atoms with Crippen molar-refractivity contribution in [1.29, 1.82) is 0 Å². The maximum atomic E-state index is 13.1. The molecule has 0 aromatic heterocycles. The highest BCUT2D eigenvalue weighted by molar-refractivity contribution is 5.77. The second kappa shape index (κ2) is 7.70. The van der Waals surface area contributed by atoms with Crippen LogP contribution in [0.25, 0.3) is 0 Å². The zero-order valence-electron chi connectivity index (χ0n) is 11.0. The van der Waals surface area contributed by atoms with Gasteiger partial charge in [0.2, 0.25) is 0 Å². The molecule has 0 bridgehead atoms. The maximum absolute atomic E-state index is 13.1. The van der Waals surface area contributed by atoms with Gasteiger partial charge in [0.1, 0.15) is 11.6 Å². The summed E-state index contributed by atoms with van der Waals surface area (Å²) in [5.41, 5.74) is 0.392. The van der Waals surface area contributed by atoms with Crippen LogP contribution in [0.15, 0.2) is 18.2 Å². The highest BCUT2D eigenvalue weighted by Gasteiger charge is 2.08. The zero-order chi connectivity index (χ0) is 14.3. The summed E-state index contributed by atoms with van der Waals surface area (Å²) in [6.45, 7) is 1.70. The number of rotatable bonds is 7. The molecule has 1 rings (SSSR count). The van der Waals surface area contributed by atoms with E-state index in [2.05, 4.69) is 5.32 Å². The van der Waals surface area contributed by atoms with Gasteiger partial charge < -0.3 is 19.9 Å². The predicted molar refractivity (Wildman–Crippen MR) is 67.3 cm³/mol. The van der Waals surface area contributed by atoms with Gasteiger partial charge in [-0.2, -0.15) is 0 Å². The number of aliphatic hydroxyl groups is 1. The third kappa shape index (κ3) is 5.67. The number of amides is 1. The Morgan fingerprint density at radius 2 is 2.21 bits per heavy atom. The SMILES string of the molecule is COCC(C)NC(=O)COc1cc(F)cc(CO)c1. The van der Waals surface area contributed by atoms with Gasteiger partial charge in [-0.15, -0.1) is 0 Å². The Balaban J connectivity index is 2.48. The van der Waals surface area contributed by atoms with Crippen LogP contribution < -0.4 is 10.1 Å². The predicted octanol–water partition coefficient (Wildman–Crippen LogP) is 0.848. The van der Waals surface area contributed by atoms with Gasteiger partial charge in [0, 0.05) is 19.2 Å². The first-order chi connectivity index (χ1) is 9.05. The van der Waals surface area contributed by atoms with Crippen molar-refractivity contribution >= 4 is 5.91 Å². The van der Waals surface area contributed by atoms with E-state index in [0.29, 0.717) is 12.2 Å². The third-order valence-corrected chi connectivity index (χ3v) is 2.31. The summed E-state index contributed by atoms with van der Waals surface area (Å²) in [6.07, 6.45) is 0. The molecule has 5 nitrogen and oxygen atoms in total. The number of hydrogen-bond acceptors (Lipinski definition) is 4. The molecular formula is C13H18FNO4. The van der Waals surface area contributed by atoms with Crippen LogP contribution >= 0.6 is 0 Å². The fourth-order valence-electron chi connectivity index (χ4n) is 1.55. The van der Waals surface area contributed by atoms with Crippen LogP contribution in [0.5, 0.6) is 5.75 Å². The number of methoxy groups -OCH3 is 1.